The van der Waals surface area contributed by atoms with E-state index in [2.05, 4.69) is 9.97 Å². The average Bonchev–Trinajstić information content (AvgIpc) is 3.05. The molecule has 2 aromatic heterocycles. The number of nitrogen functional groups attached to an aromatic ring is 1. The molecule has 23 heavy (non-hydrogen) atoms. The molecule has 2 heterocycles. The molecule has 0 aliphatic carbocycles. The molecule has 3 aromatic rings. The lowest BCUT2D eigenvalue weighted by Gasteiger charge is -2.20. The van der Waals surface area contributed by atoms with Crippen LogP contribution >= 0.6 is 0 Å². The minimum Gasteiger partial charge on any atom is -0.389 e. The zero-order chi connectivity index (χ0) is 23.4. The van der Waals surface area contributed by atoms with E-state index in [1.54, 1.807) is 31.2 Å². The van der Waals surface area contributed by atoms with E-state index in [1.807, 2.05) is 0 Å². The summed E-state index contributed by atoms with van der Waals surface area (Å²) in [6.07, 6.45) is 0. The van der Waals surface area contributed by atoms with Gasteiger partial charge in [0.05, 0.1) is 25.9 Å². The highest BCUT2D eigenvalue weighted by molar-refractivity contribution is 6.06. The fourth-order valence-corrected chi connectivity index (χ4v) is 2.42. The van der Waals surface area contributed by atoms with Crippen molar-refractivity contribution >= 4 is 27.8 Å². The van der Waals surface area contributed by atoms with Crippen LogP contribution in [0.4, 0.5) is 5.82 Å². The number of ether oxygens (including phenoxy) is 1. The second-order valence-corrected chi connectivity index (χ2v) is 5.03. The third-order valence-electron chi connectivity index (χ3n) is 3.30. The fourth-order valence-electron chi connectivity index (χ4n) is 2.42. The number of rotatable bonds is 5. The van der Waals surface area contributed by atoms with Crippen molar-refractivity contribution in [2.24, 2.45) is 0 Å². The Kier molecular flexibility index (Phi) is 2.17. The summed E-state index contributed by atoms with van der Waals surface area (Å²) in [5, 5.41) is 11.3. The fraction of sp³-hybridized carbons (Fsp3) is 0.412. The van der Waals surface area contributed by atoms with E-state index >= 15 is 0 Å². The maximum atomic E-state index is 11.0. The maximum Gasteiger partial charge on any atom is 0.152 e. The highest BCUT2D eigenvalue weighted by Crippen LogP contribution is 2.30. The van der Waals surface area contributed by atoms with Crippen molar-refractivity contribution < 1.29 is 20.8 Å². The molecule has 0 saturated carbocycles. The van der Waals surface area contributed by atoms with Gasteiger partial charge in [0.25, 0.3) is 0 Å². The van der Waals surface area contributed by atoms with E-state index < -0.39 is 25.8 Å². The van der Waals surface area contributed by atoms with Gasteiger partial charge in [-0.1, -0.05) is 18.2 Å². The average molecular weight is 322 g/mol. The van der Waals surface area contributed by atoms with E-state index in [9.17, 15) is 5.11 Å². The summed E-state index contributed by atoms with van der Waals surface area (Å²) in [4.78, 5) is 8.51. The van der Waals surface area contributed by atoms with E-state index in [4.69, 9.17) is 21.4 Å². The number of aromatic nitrogens is 3. The topological polar surface area (TPSA) is 86.2 Å². The van der Waals surface area contributed by atoms with Crippen LogP contribution in [-0.2, 0) is 17.8 Å². The number of aliphatic hydroxyl groups is 1. The number of nitrogens with two attached hydrogens (primary N) is 1. The molecule has 1 aromatic carbocycles. The molecule has 3 rings (SSSR count). The monoisotopic (exact) mass is 322 g/mol. The van der Waals surface area contributed by atoms with Gasteiger partial charge in [-0.05, 0) is 26.7 Å². The molecule has 0 aliphatic rings. The minimum atomic E-state index is -3.78. The molecule has 6 heteroatoms. The van der Waals surface area contributed by atoms with Crippen LogP contribution in [0.15, 0.2) is 24.3 Å². The summed E-state index contributed by atoms with van der Waals surface area (Å²) in [6.45, 7) is -8.97. The summed E-state index contributed by atoms with van der Waals surface area (Å²) in [5.41, 5.74) is 2.65. The van der Waals surface area contributed by atoms with Crippen LogP contribution < -0.4 is 5.73 Å². The standard InChI is InChI=1S/C17H22N4O2/c1-4-23-9-13-20-14-15(21(13)10-17(2,3)22)11-7-5-6-8-12(11)19-16(14)18/h5-8,22H,4,9-10H2,1-3H3,(H2,18,19)/i2D3,3D3,10D2. The summed E-state index contributed by atoms with van der Waals surface area (Å²) in [7, 11) is 0. The van der Waals surface area contributed by atoms with Gasteiger partial charge < -0.3 is 20.1 Å². The zero-order valence-corrected chi connectivity index (χ0v) is 12.5. The number of hydrogen-bond acceptors (Lipinski definition) is 5. The highest BCUT2D eigenvalue weighted by Gasteiger charge is 2.22. The Morgan fingerprint density at radius 2 is 2.17 bits per heavy atom. The van der Waals surface area contributed by atoms with Crippen molar-refractivity contribution in [3.63, 3.8) is 0 Å². The van der Waals surface area contributed by atoms with E-state index in [1.165, 1.54) is 0 Å². The van der Waals surface area contributed by atoms with E-state index in [-0.39, 0.29) is 35.9 Å². The Hall–Kier alpha value is -2.18. The predicted octanol–water partition coefficient (Wildman–Crippen LogP) is 2.47. The van der Waals surface area contributed by atoms with Crippen LogP contribution in [0.1, 0.15) is 37.4 Å². The smallest absolute Gasteiger partial charge is 0.152 e. The van der Waals surface area contributed by atoms with Gasteiger partial charge >= 0.3 is 0 Å². The van der Waals surface area contributed by atoms with Gasteiger partial charge in [0.1, 0.15) is 17.9 Å². The molecule has 0 radical (unpaired) electrons. The van der Waals surface area contributed by atoms with Crippen molar-refractivity contribution in [1.29, 1.82) is 0 Å². The van der Waals surface area contributed by atoms with E-state index in [0.717, 1.165) is 4.57 Å². The molecule has 0 spiro atoms. The Bertz CT molecular complexity index is 1110. The molecule has 0 aliphatic heterocycles. The molecule has 0 fully saturated rings. The first-order valence-electron chi connectivity index (χ1n) is 11.0. The van der Waals surface area contributed by atoms with Gasteiger partial charge in [0.2, 0.25) is 0 Å². The second kappa shape index (κ2) is 5.79. The lowest BCUT2D eigenvalue weighted by atomic mass is 10.1. The first-order chi connectivity index (χ1) is 14.2. The lowest BCUT2D eigenvalue weighted by Crippen LogP contribution is -2.27. The van der Waals surface area contributed by atoms with Gasteiger partial charge in [-0.2, -0.15) is 0 Å². The number of hydrogen-bond donors (Lipinski definition) is 2. The molecule has 6 nitrogen and oxygen atoms in total. The van der Waals surface area contributed by atoms with Crippen LogP contribution in [0.3, 0.4) is 0 Å². The van der Waals surface area contributed by atoms with Crippen molar-refractivity contribution in [3.8, 4) is 0 Å². The molecule has 0 bridgehead atoms. The largest absolute Gasteiger partial charge is 0.389 e. The summed E-state index contributed by atoms with van der Waals surface area (Å²) >= 11 is 0. The molecule has 0 amide bonds. The maximum absolute atomic E-state index is 11.0. The van der Waals surface area contributed by atoms with Crippen LogP contribution in [0, 0.1) is 0 Å². The van der Waals surface area contributed by atoms with Crippen molar-refractivity contribution in [3.05, 3.63) is 30.1 Å². The lowest BCUT2D eigenvalue weighted by molar-refractivity contribution is 0.0582. The number of imidazole rings is 1. The summed E-state index contributed by atoms with van der Waals surface area (Å²) in [5.74, 6) is -0.203. The Labute approximate surface area is 146 Å². The van der Waals surface area contributed by atoms with Crippen molar-refractivity contribution in [1.82, 2.24) is 14.5 Å². The predicted molar refractivity (Wildman–Crippen MR) is 91.1 cm³/mol. The van der Waals surface area contributed by atoms with Gasteiger partial charge in [0, 0.05) is 20.2 Å². The van der Waals surface area contributed by atoms with Crippen molar-refractivity contribution in [2.45, 2.75) is 39.3 Å². The second-order valence-electron chi connectivity index (χ2n) is 5.03. The molecular weight excluding hydrogens is 292 g/mol. The van der Waals surface area contributed by atoms with Gasteiger partial charge in [-0.3, -0.25) is 0 Å². The zero-order valence-electron chi connectivity index (χ0n) is 20.5. The Morgan fingerprint density at radius 3 is 2.91 bits per heavy atom. The summed E-state index contributed by atoms with van der Waals surface area (Å²) in [6, 6.07) is 6.53. The SMILES string of the molecule is [2H]C([2H])([2H])C(O)(C([2H])([2H])[2H])C([2H])([2H])n1c(COCC)nc2c(N)nc3ccccc3c21. The number of pyridine rings is 1. The number of para-hydroxylation sites is 1. The highest BCUT2D eigenvalue weighted by atomic mass is 16.5. The van der Waals surface area contributed by atoms with Crippen LogP contribution in [0.25, 0.3) is 21.9 Å². The molecule has 122 valence electrons. The normalized spacial score (nSPS) is 19.2. The Balaban J connectivity index is 2.51. The number of benzene rings is 1. The first kappa shape index (κ1) is 8.61. The van der Waals surface area contributed by atoms with Crippen LogP contribution in [-0.4, -0.2) is 31.8 Å². The van der Waals surface area contributed by atoms with Gasteiger partial charge in [-0.25, -0.2) is 9.97 Å². The molecule has 0 atom stereocenters. The first-order valence-corrected chi connectivity index (χ1v) is 7.04. The quantitative estimate of drug-likeness (QED) is 0.753. The van der Waals surface area contributed by atoms with Crippen LogP contribution in [0.5, 0.6) is 0 Å². The third-order valence-corrected chi connectivity index (χ3v) is 3.30. The third kappa shape index (κ3) is 3.00. The molecule has 3 N–H and O–H groups in total. The number of anilines is 1. The van der Waals surface area contributed by atoms with E-state index in [0.29, 0.717) is 10.9 Å². The minimum absolute atomic E-state index is 0.00901. The summed E-state index contributed by atoms with van der Waals surface area (Å²) < 4.78 is 69.6. The number of fused-ring (bicyclic) bond motifs is 3. The molecular formula is C17H22N4O2. The van der Waals surface area contributed by atoms with Gasteiger partial charge in [-0.15, -0.1) is 0 Å². The molecule has 0 unspecified atom stereocenters. The van der Waals surface area contributed by atoms with Gasteiger partial charge in [0.15, 0.2) is 5.82 Å². The van der Waals surface area contributed by atoms with Crippen molar-refractivity contribution in [2.75, 3.05) is 12.3 Å². The Morgan fingerprint density at radius 1 is 1.39 bits per heavy atom. The number of nitrogens with zero attached hydrogens (tertiary/aromatic N) is 3. The molecule has 0 saturated heterocycles. The van der Waals surface area contributed by atoms with Crippen LogP contribution in [0.2, 0.25) is 0 Å².